The van der Waals surface area contributed by atoms with Gasteiger partial charge in [-0.3, -0.25) is 9.36 Å². The van der Waals surface area contributed by atoms with Gasteiger partial charge < -0.3 is 19.5 Å². The van der Waals surface area contributed by atoms with Crippen LogP contribution in [0.25, 0.3) is 0 Å². The Kier molecular flexibility index (Phi) is 8.15. The molecule has 0 bridgehead atoms. The minimum Gasteiger partial charge on any atom is -0.497 e. The van der Waals surface area contributed by atoms with Crippen molar-refractivity contribution >= 4 is 23.4 Å². The number of carbonyl (C=O) groups is 1. The Labute approximate surface area is 191 Å². The molecule has 1 atom stereocenters. The molecule has 0 aliphatic rings. The number of carbonyl (C=O) groups excluding carboxylic acids is 1. The Balaban J connectivity index is 1.68. The number of methoxy groups -OCH3 is 2. The molecular weight excluding hydrogens is 428 g/mol. The number of amides is 1. The molecule has 8 nitrogen and oxygen atoms in total. The van der Waals surface area contributed by atoms with Gasteiger partial charge in [0.15, 0.2) is 17.1 Å². The molecule has 0 fully saturated rings. The number of nitrogens with zero attached hydrogens (tertiary/aromatic N) is 3. The quantitative estimate of drug-likeness (QED) is 0.340. The summed E-state index contributed by atoms with van der Waals surface area (Å²) in [4.78, 5) is 12.6. The van der Waals surface area contributed by atoms with Gasteiger partial charge in [0.2, 0.25) is 5.91 Å². The summed E-state index contributed by atoms with van der Waals surface area (Å²) in [7, 11) is 3.11. The van der Waals surface area contributed by atoms with Crippen molar-refractivity contribution in [2.24, 2.45) is 0 Å². The van der Waals surface area contributed by atoms with Crippen molar-refractivity contribution in [2.45, 2.75) is 24.7 Å². The number of rotatable bonds is 11. The molecule has 32 heavy (non-hydrogen) atoms. The van der Waals surface area contributed by atoms with Gasteiger partial charge in [0.25, 0.3) is 0 Å². The van der Waals surface area contributed by atoms with Crippen LogP contribution in [0.5, 0.6) is 17.2 Å². The third-order valence-corrected chi connectivity index (χ3v) is 5.46. The maximum atomic E-state index is 12.6. The SMILES string of the molecule is C=CCn1c(SCC(=O)Nc2cc(OC)ccc2OC)nnc1C(C)Oc1ccccc1. The number of para-hydroxylation sites is 1. The van der Waals surface area contributed by atoms with E-state index in [1.54, 1.807) is 38.5 Å². The van der Waals surface area contributed by atoms with Crippen LogP contribution in [0.3, 0.4) is 0 Å². The molecule has 1 amide bonds. The Morgan fingerprint density at radius 1 is 1.16 bits per heavy atom. The van der Waals surface area contributed by atoms with Crippen molar-refractivity contribution in [3.63, 3.8) is 0 Å². The highest BCUT2D eigenvalue weighted by Crippen LogP contribution is 2.29. The van der Waals surface area contributed by atoms with Gasteiger partial charge >= 0.3 is 0 Å². The van der Waals surface area contributed by atoms with Crippen LogP contribution in [0.4, 0.5) is 5.69 Å². The molecule has 168 valence electrons. The normalized spacial score (nSPS) is 11.5. The highest BCUT2D eigenvalue weighted by atomic mass is 32.2. The Morgan fingerprint density at radius 3 is 2.62 bits per heavy atom. The summed E-state index contributed by atoms with van der Waals surface area (Å²) >= 11 is 1.28. The van der Waals surface area contributed by atoms with Crippen LogP contribution in [0.15, 0.2) is 66.3 Å². The molecule has 3 rings (SSSR count). The average Bonchev–Trinajstić information content (AvgIpc) is 3.21. The van der Waals surface area contributed by atoms with E-state index in [4.69, 9.17) is 14.2 Å². The first-order valence-electron chi connectivity index (χ1n) is 9.96. The Hall–Kier alpha value is -3.46. The fourth-order valence-electron chi connectivity index (χ4n) is 2.99. The van der Waals surface area contributed by atoms with E-state index in [0.717, 1.165) is 5.75 Å². The van der Waals surface area contributed by atoms with Crippen LogP contribution < -0.4 is 19.5 Å². The molecule has 0 saturated carbocycles. The maximum Gasteiger partial charge on any atom is 0.234 e. The first-order valence-corrected chi connectivity index (χ1v) is 10.9. The number of hydrogen-bond acceptors (Lipinski definition) is 7. The predicted octanol–water partition coefficient (Wildman–Crippen LogP) is 4.35. The van der Waals surface area contributed by atoms with Gasteiger partial charge in [-0.1, -0.05) is 36.0 Å². The summed E-state index contributed by atoms with van der Waals surface area (Å²) in [6.45, 7) is 6.22. The van der Waals surface area contributed by atoms with Crippen molar-refractivity contribution in [3.8, 4) is 17.2 Å². The number of allylic oxidation sites excluding steroid dienone is 1. The molecule has 3 aromatic rings. The number of benzene rings is 2. The van der Waals surface area contributed by atoms with Crippen molar-refractivity contribution in [2.75, 3.05) is 25.3 Å². The van der Waals surface area contributed by atoms with Crippen LogP contribution in [0, 0.1) is 0 Å². The molecule has 0 aliphatic heterocycles. The van der Waals surface area contributed by atoms with E-state index in [1.807, 2.05) is 41.8 Å². The standard InChI is InChI=1S/C23H26N4O4S/c1-5-13-27-22(16(2)31-17-9-7-6-8-10-17)25-26-23(27)32-15-21(28)24-19-14-18(29-3)11-12-20(19)30-4/h5-12,14,16H,1,13,15H2,2-4H3,(H,24,28). The molecule has 1 unspecified atom stereocenters. The van der Waals surface area contributed by atoms with Crippen LogP contribution >= 0.6 is 11.8 Å². The zero-order valence-corrected chi connectivity index (χ0v) is 19.1. The number of aromatic nitrogens is 3. The molecule has 1 N–H and O–H groups in total. The summed E-state index contributed by atoms with van der Waals surface area (Å²) in [5, 5.41) is 12.0. The molecule has 0 saturated heterocycles. The number of nitrogens with one attached hydrogen (secondary N) is 1. The first-order chi connectivity index (χ1) is 15.5. The van der Waals surface area contributed by atoms with Gasteiger partial charge in [0.1, 0.15) is 17.2 Å². The summed E-state index contributed by atoms with van der Waals surface area (Å²) in [6.07, 6.45) is 1.43. The zero-order chi connectivity index (χ0) is 22.9. The second-order valence-electron chi connectivity index (χ2n) is 6.72. The fourth-order valence-corrected chi connectivity index (χ4v) is 3.75. The lowest BCUT2D eigenvalue weighted by Crippen LogP contribution is -2.16. The minimum absolute atomic E-state index is 0.142. The summed E-state index contributed by atoms with van der Waals surface area (Å²) < 4.78 is 18.4. The molecule has 2 aromatic carbocycles. The lowest BCUT2D eigenvalue weighted by molar-refractivity contribution is -0.113. The molecule has 0 spiro atoms. The smallest absolute Gasteiger partial charge is 0.234 e. The van der Waals surface area contributed by atoms with E-state index in [2.05, 4.69) is 22.1 Å². The molecule has 9 heteroatoms. The Bertz CT molecular complexity index is 1060. The zero-order valence-electron chi connectivity index (χ0n) is 18.3. The maximum absolute atomic E-state index is 12.6. The van der Waals surface area contributed by atoms with Gasteiger partial charge in [-0.25, -0.2) is 0 Å². The predicted molar refractivity (Wildman–Crippen MR) is 125 cm³/mol. The topological polar surface area (TPSA) is 87.5 Å². The fraction of sp³-hybridized carbons (Fsp3) is 0.261. The van der Waals surface area contributed by atoms with Crippen molar-refractivity contribution in [1.29, 1.82) is 0 Å². The van der Waals surface area contributed by atoms with E-state index in [0.29, 0.717) is 34.7 Å². The lowest BCUT2D eigenvalue weighted by atomic mass is 10.2. The van der Waals surface area contributed by atoms with Crippen LogP contribution in [-0.2, 0) is 11.3 Å². The Morgan fingerprint density at radius 2 is 1.94 bits per heavy atom. The van der Waals surface area contributed by atoms with Crippen LogP contribution in [-0.4, -0.2) is 40.6 Å². The minimum atomic E-state index is -0.325. The average molecular weight is 455 g/mol. The van der Waals surface area contributed by atoms with Gasteiger partial charge in [-0.15, -0.1) is 16.8 Å². The third kappa shape index (κ3) is 5.82. The number of ether oxygens (including phenoxy) is 3. The van der Waals surface area contributed by atoms with Gasteiger partial charge in [-0.2, -0.15) is 0 Å². The summed E-state index contributed by atoms with van der Waals surface area (Å²) in [6, 6.07) is 14.7. The molecule has 0 radical (unpaired) electrons. The number of anilines is 1. The molecule has 1 heterocycles. The van der Waals surface area contributed by atoms with Crippen molar-refractivity contribution in [3.05, 3.63) is 67.0 Å². The highest BCUT2D eigenvalue weighted by molar-refractivity contribution is 7.99. The van der Waals surface area contributed by atoms with Crippen LogP contribution in [0.1, 0.15) is 18.9 Å². The molecule has 0 aliphatic carbocycles. The van der Waals surface area contributed by atoms with Gasteiger partial charge in [-0.05, 0) is 31.2 Å². The largest absolute Gasteiger partial charge is 0.497 e. The first kappa shape index (κ1) is 23.2. The monoisotopic (exact) mass is 454 g/mol. The second kappa shape index (κ2) is 11.2. The van der Waals surface area contributed by atoms with Gasteiger partial charge in [0, 0.05) is 12.6 Å². The molecule has 1 aromatic heterocycles. The number of thioether (sulfide) groups is 1. The second-order valence-corrected chi connectivity index (χ2v) is 7.66. The van der Waals surface area contributed by atoms with E-state index in [1.165, 1.54) is 11.8 Å². The number of hydrogen-bond donors (Lipinski definition) is 1. The van der Waals surface area contributed by atoms with E-state index in [9.17, 15) is 4.79 Å². The van der Waals surface area contributed by atoms with Crippen LogP contribution in [0.2, 0.25) is 0 Å². The van der Waals surface area contributed by atoms with E-state index >= 15 is 0 Å². The van der Waals surface area contributed by atoms with E-state index in [-0.39, 0.29) is 17.8 Å². The summed E-state index contributed by atoms with van der Waals surface area (Å²) in [5.41, 5.74) is 0.538. The van der Waals surface area contributed by atoms with Crippen molar-refractivity contribution in [1.82, 2.24) is 14.8 Å². The third-order valence-electron chi connectivity index (χ3n) is 4.49. The molecular formula is C23H26N4O4S. The highest BCUT2D eigenvalue weighted by Gasteiger charge is 2.20. The lowest BCUT2D eigenvalue weighted by Gasteiger charge is -2.15. The van der Waals surface area contributed by atoms with E-state index < -0.39 is 0 Å². The summed E-state index contributed by atoms with van der Waals surface area (Å²) in [5.74, 6) is 2.51. The van der Waals surface area contributed by atoms with Crippen molar-refractivity contribution < 1.29 is 19.0 Å². The van der Waals surface area contributed by atoms with Gasteiger partial charge in [0.05, 0.1) is 25.7 Å².